The summed E-state index contributed by atoms with van der Waals surface area (Å²) in [6.45, 7) is 6.32. The lowest BCUT2D eigenvalue weighted by Crippen LogP contribution is -2.48. The van der Waals surface area contributed by atoms with Gasteiger partial charge in [-0.25, -0.2) is 0 Å². The van der Waals surface area contributed by atoms with Crippen LogP contribution in [0.2, 0.25) is 0 Å². The number of carbonyl (C=O) groups is 3. The number of piperidine rings is 1. The molecule has 2 heterocycles. The van der Waals surface area contributed by atoms with Crippen LogP contribution >= 0.6 is 12.4 Å². The minimum Gasteiger partial charge on any atom is -0.349 e. The molecular formula is C19H26ClN3O3. The maximum absolute atomic E-state index is 12.6. The molecule has 1 saturated heterocycles. The minimum absolute atomic E-state index is 0. The van der Waals surface area contributed by atoms with E-state index in [-0.39, 0.29) is 36.2 Å². The summed E-state index contributed by atoms with van der Waals surface area (Å²) in [6, 6.07) is 4.92. The Morgan fingerprint density at radius 3 is 2.69 bits per heavy atom. The van der Waals surface area contributed by atoms with Crippen molar-refractivity contribution in [2.24, 2.45) is 5.92 Å². The number of nitrogens with zero attached hydrogens (tertiary/aromatic N) is 1. The first kappa shape index (κ1) is 20.4. The van der Waals surface area contributed by atoms with E-state index in [1.807, 2.05) is 6.92 Å². The number of nitrogens with one attached hydrogen (secondary N) is 2. The third kappa shape index (κ3) is 3.91. The van der Waals surface area contributed by atoms with Crippen LogP contribution in [-0.4, -0.2) is 48.3 Å². The fourth-order valence-electron chi connectivity index (χ4n) is 3.43. The molecule has 0 spiro atoms. The number of benzene rings is 1. The van der Waals surface area contributed by atoms with Gasteiger partial charge < -0.3 is 10.6 Å². The largest absolute Gasteiger partial charge is 0.349 e. The van der Waals surface area contributed by atoms with E-state index in [0.29, 0.717) is 29.2 Å². The second kappa shape index (κ2) is 8.64. The molecule has 2 N–H and O–H groups in total. The summed E-state index contributed by atoms with van der Waals surface area (Å²) < 4.78 is 0. The fraction of sp³-hybridized carbons (Fsp3) is 0.526. The number of fused-ring (bicyclic) bond motifs is 1. The van der Waals surface area contributed by atoms with Gasteiger partial charge in [-0.2, -0.15) is 0 Å². The first-order valence-electron chi connectivity index (χ1n) is 9.04. The maximum Gasteiger partial charge on any atom is 0.261 e. The summed E-state index contributed by atoms with van der Waals surface area (Å²) in [5.74, 6) is -0.376. The van der Waals surface area contributed by atoms with E-state index in [1.165, 1.54) is 4.90 Å². The Kier molecular flexibility index (Phi) is 6.78. The summed E-state index contributed by atoms with van der Waals surface area (Å²) in [5, 5.41) is 6.36. The van der Waals surface area contributed by atoms with Crippen LogP contribution in [0, 0.1) is 5.92 Å². The van der Waals surface area contributed by atoms with Crippen molar-refractivity contribution in [3.8, 4) is 0 Å². The summed E-state index contributed by atoms with van der Waals surface area (Å²) in [5.41, 5.74) is 1.17. The third-order valence-corrected chi connectivity index (χ3v) is 5.07. The normalized spacial score (nSPS) is 22.0. The van der Waals surface area contributed by atoms with Gasteiger partial charge in [-0.3, -0.25) is 19.3 Å². The summed E-state index contributed by atoms with van der Waals surface area (Å²) in [7, 11) is 0. The van der Waals surface area contributed by atoms with Gasteiger partial charge in [0.2, 0.25) is 0 Å². The zero-order chi connectivity index (χ0) is 18.0. The molecule has 1 aromatic carbocycles. The lowest BCUT2D eigenvalue weighted by atomic mass is 9.95. The van der Waals surface area contributed by atoms with Gasteiger partial charge in [0, 0.05) is 18.2 Å². The first-order valence-corrected chi connectivity index (χ1v) is 9.04. The molecule has 6 nitrogen and oxygen atoms in total. The number of unbranched alkanes of at least 4 members (excludes halogenated alkanes) is 1. The minimum atomic E-state index is -0.293. The number of amides is 3. The highest BCUT2D eigenvalue weighted by Gasteiger charge is 2.35. The maximum atomic E-state index is 12.6. The van der Waals surface area contributed by atoms with Crippen LogP contribution < -0.4 is 10.6 Å². The number of rotatable bonds is 5. The monoisotopic (exact) mass is 379 g/mol. The van der Waals surface area contributed by atoms with Crippen LogP contribution in [0.15, 0.2) is 18.2 Å². The van der Waals surface area contributed by atoms with Crippen LogP contribution in [0.1, 0.15) is 64.2 Å². The number of hydrogen-bond acceptors (Lipinski definition) is 4. The van der Waals surface area contributed by atoms with Crippen molar-refractivity contribution in [2.45, 2.75) is 39.2 Å². The molecule has 26 heavy (non-hydrogen) atoms. The molecule has 0 saturated carbocycles. The number of halogens is 1. The number of hydrogen-bond donors (Lipinski definition) is 2. The Morgan fingerprint density at radius 1 is 1.27 bits per heavy atom. The summed E-state index contributed by atoms with van der Waals surface area (Å²) in [6.07, 6.45) is 2.59. The van der Waals surface area contributed by atoms with Gasteiger partial charge in [0.25, 0.3) is 17.7 Å². The average Bonchev–Trinajstić information content (AvgIpc) is 2.85. The van der Waals surface area contributed by atoms with E-state index >= 15 is 0 Å². The quantitative estimate of drug-likeness (QED) is 0.769. The van der Waals surface area contributed by atoms with E-state index < -0.39 is 0 Å². The first-order chi connectivity index (χ1) is 12.0. The number of imide groups is 1. The highest BCUT2D eigenvalue weighted by Crippen LogP contribution is 2.24. The van der Waals surface area contributed by atoms with Crippen LogP contribution in [0.5, 0.6) is 0 Å². The molecule has 1 fully saturated rings. The van der Waals surface area contributed by atoms with Crippen LogP contribution in [0.4, 0.5) is 0 Å². The van der Waals surface area contributed by atoms with E-state index in [4.69, 9.17) is 0 Å². The van der Waals surface area contributed by atoms with Crippen LogP contribution in [-0.2, 0) is 0 Å². The zero-order valence-corrected chi connectivity index (χ0v) is 16.0. The molecule has 2 unspecified atom stereocenters. The molecule has 1 aromatic rings. The SMILES string of the molecule is CCCCN1C(=O)c2ccc(C(=O)NC3CCNCC3C)cc2C1=O.Cl. The second-order valence-corrected chi connectivity index (χ2v) is 6.93. The Bertz CT molecular complexity index is 707. The van der Waals surface area contributed by atoms with E-state index in [1.54, 1.807) is 18.2 Å². The van der Waals surface area contributed by atoms with Gasteiger partial charge in [-0.15, -0.1) is 12.4 Å². The van der Waals surface area contributed by atoms with E-state index in [2.05, 4.69) is 17.6 Å². The lowest BCUT2D eigenvalue weighted by molar-refractivity contribution is 0.0652. The van der Waals surface area contributed by atoms with Crippen molar-refractivity contribution in [1.82, 2.24) is 15.5 Å². The second-order valence-electron chi connectivity index (χ2n) is 6.93. The number of carbonyl (C=O) groups excluding carboxylic acids is 3. The highest BCUT2D eigenvalue weighted by atomic mass is 35.5. The van der Waals surface area contributed by atoms with Gasteiger partial charge in [0.05, 0.1) is 11.1 Å². The molecule has 0 radical (unpaired) electrons. The lowest BCUT2D eigenvalue weighted by Gasteiger charge is -2.30. The fourth-order valence-corrected chi connectivity index (χ4v) is 3.43. The molecule has 3 amide bonds. The molecule has 7 heteroatoms. The Labute approximate surface area is 160 Å². The third-order valence-electron chi connectivity index (χ3n) is 5.07. The molecule has 2 atom stereocenters. The Hall–Kier alpha value is -1.92. The molecule has 142 valence electrons. The van der Waals surface area contributed by atoms with Crippen LogP contribution in [0.25, 0.3) is 0 Å². The molecule has 2 aliphatic heterocycles. The van der Waals surface area contributed by atoms with Crippen LogP contribution in [0.3, 0.4) is 0 Å². The van der Waals surface area contributed by atoms with Gasteiger partial charge in [0.1, 0.15) is 0 Å². The van der Waals surface area contributed by atoms with Gasteiger partial charge in [-0.05, 0) is 50.0 Å². The van der Waals surface area contributed by atoms with Gasteiger partial charge >= 0.3 is 0 Å². The molecule has 3 rings (SSSR count). The Balaban J connectivity index is 0.00000243. The molecule has 0 bridgehead atoms. The van der Waals surface area contributed by atoms with Gasteiger partial charge in [0.15, 0.2) is 0 Å². The molecule has 2 aliphatic rings. The predicted molar refractivity (Wildman–Crippen MR) is 102 cm³/mol. The standard InChI is InChI=1S/C19H25N3O3.ClH/c1-3-4-9-22-18(24)14-6-5-13(10-15(14)19(22)25)17(23)21-16-7-8-20-11-12(16)2;/h5-6,10,12,16,20H,3-4,7-9,11H2,1-2H3,(H,21,23);1H. The zero-order valence-electron chi connectivity index (χ0n) is 15.2. The predicted octanol–water partition coefficient (Wildman–Crippen LogP) is 2.23. The van der Waals surface area contributed by atoms with Crippen molar-refractivity contribution < 1.29 is 14.4 Å². The molecular weight excluding hydrogens is 354 g/mol. The van der Waals surface area contributed by atoms with E-state index in [9.17, 15) is 14.4 Å². The van der Waals surface area contributed by atoms with Crippen molar-refractivity contribution in [1.29, 1.82) is 0 Å². The van der Waals surface area contributed by atoms with Crippen molar-refractivity contribution >= 4 is 30.1 Å². The van der Waals surface area contributed by atoms with Crippen molar-refractivity contribution in [2.75, 3.05) is 19.6 Å². The van der Waals surface area contributed by atoms with Gasteiger partial charge in [-0.1, -0.05) is 20.3 Å². The molecule has 0 aliphatic carbocycles. The summed E-state index contributed by atoms with van der Waals surface area (Å²) >= 11 is 0. The molecule has 0 aromatic heterocycles. The van der Waals surface area contributed by atoms with Crippen molar-refractivity contribution in [3.63, 3.8) is 0 Å². The smallest absolute Gasteiger partial charge is 0.261 e. The Morgan fingerprint density at radius 2 is 2.00 bits per heavy atom. The average molecular weight is 380 g/mol. The van der Waals surface area contributed by atoms with E-state index in [0.717, 1.165) is 32.4 Å². The van der Waals surface area contributed by atoms with Crippen molar-refractivity contribution in [3.05, 3.63) is 34.9 Å². The topological polar surface area (TPSA) is 78.5 Å². The highest BCUT2D eigenvalue weighted by molar-refractivity contribution is 6.22. The summed E-state index contributed by atoms with van der Waals surface area (Å²) in [4.78, 5) is 38.7.